The van der Waals surface area contributed by atoms with Gasteiger partial charge >= 0.3 is 0 Å². The van der Waals surface area contributed by atoms with E-state index in [1.54, 1.807) is 10.7 Å². The molecule has 1 atom stereocenters. The highest BCUT2D eigenvalue weighted by atomic mass is 35.5. The van der Waals surface area contributed by atoms with Crippen molar-refractivity contribution >= 4 is 11.6 Å². The summed E-state index contributed by atoms with van der Waals surface area (Å²) in [6.07, 6.45) is 2.43. The molecule has 0 amide bonds. The molecule has 1 unspecified atom stereocenters. The van der Waals surface area contributed by atoms with E-state index in [2.05, 4.69) is 5.10 Å². The monoisotopic (exact) mass is 253 g/mol. The summed E-state index contributed by atoms with van der Waals surface area (Å²) < 4.78 is 14.6. The van der Waals surface area contributed by atoms with E-state index in [0.717, 1.165) is 11.3 Å². The van der Waals surface area contributed by atoms with Gasteiger partial charge in [-0.05, 0) is 23.8 Å². The summed E-state index contributed by atoms with van der Waals surface area (Å²) in [6.45, 7) is 0. The molecular formula is C12H13ClFN3. The first-order chi connectivity index (χ1) is 8.06. The molecule has 0 saturated carbocycles. The molecule has 0 aliphatic rings. The lowest BCUT2D eigenvalue weighted by Crippen LogP contribution is -2.14. The van der Waals surface area contributed by atoms with E-state index >= 15 is 0 Å². The third-order valence-electron chi connectivity index (χ3n) is 2.56. The summed E-state index contributed by atoms with van der Waals surface area (Å²) >= 11 is 5.95. The van der Waals surface area contributed by atoms with Gasteiger partial charge in [0.15, 0.2) is 0 Å². The zero-order valence-electron chi connectivity index (χ0n) is 9.40. The minimum atomic E-state index is -0.358. The lowest BCUT2D eigenvalue weighted by Gasteiger charge is -2.12. The van der Waals surface area contributed by atoms with Gasteiger partial charge < -0.3 is 5.73 Å². The van der Waals surface area contributed by atoms with Crippen LogP contribution in [0, 0.1) is 5.82 Å². The first-order valence-electron chi connectivity index (χ1n) is 5.25. The van der Waals surface area contributed by atoms with Crippen molar-refractivity contribution in [3.8, 4) is 0 Å². The molecule has 5 heteroatoms. The van der Waals surface area contributed by atoms with Gasteiger partial charge in [-0.25, -0.2) is 4.39 Å². The van der Waals surface area contributed by atoms with Crippen LogP contribution in [0.3, 0.4) is 0 Å². The molecule has 1 aromatic heterocycles. The zero-order valence-corrected chi connectivity index (χ0v) is 10.2. The third kappa shape index (κ3) is 2.84. The number of hydrogen-bond donors (Lipinski definition) is 1. The number of rotatable bonds is 3. The fourth-order valence-electron chi connectivity index (χ4n) is 1.71. The largest absolute Gasteiger partial charge is 0.324 e. The molecule has 2 aromatic rings. The molecule has 0 aliphatic heterocycles. The van der Waals surface area contributed by atoms with E-state index < -0.39 is 0 Å². The number of aryl methyl sites for hydroxylation is 1. The van der Waals surface area contributed by atoms with Gasteiger partial charge in [-0.2, -0.15) is 5.10 Å². The van der Waals surface area contributed by atoms with Gasteiger partial charge in [-0.15, -0.1) is 0 Å². The molecule has 0 fully saturated rings. The maximum Gasteiger partial charge on any atom is 0.124 e. The Morgan fingerprint density at radius 1 is 1.47 bits per heavy atom. The Kier molecular flexibility index (Phi) is 3.45. The van der Waals surface area contributed by atoms with Crippen molar-refractivity contribution in [3.05, 3.63) is 52.6 Å². The van der Waals surface area contributed by atoms with Crippen LogP contribution in [0.15, 0.2) is 30.5 Å². The van der Waals surface area contributed by atoms with Crippen molar-refractivity contribution in [3.63, 3.8) is 0 Å². The standard InChI is InChI=1S/C12H13ClFN3/c1-17-5-4-9(16-17)7-12(15)10-3-2-8(14)6-11(10)13/h2-6,12H,7,15H2,1H3. The van der Waals surface area contributed by atoms with Gasteiger partial charge in [0.25, 0.3) is 0 Å². The van der Waals surface area contributed by atoms with Crippen molar-refractivity contribution in [2.24, 2.45) is 12.8 Å². The highest BCUT2D eigenvalue weighted by Crippen LogP contribution is 2.24. The van der Waals surface area contributed by atoms with E-state index in [0.29, 0.717) is 11.4 Å². The van der Waals surface area contributed by atoms with Gasteiger partial charge in [0.2, 0.25) is 0 Å². The van der Waals surface area contributed by atoms with Crippen molar-refractivity contribution < 1.29 is 4.39 Å². The molecule has 1 heterocycles. The van der Waals surface area contributed by atoms with Crippen LogP contribution in [0.1, 0.15) is 17.3 Å². The minimum absolute atomic E-state index is 0.280. The normalized spacial score (nSPS) is 12.7. The van der Waals surface area contributed by atoms with Crippen LogP contribution in [0.2, 0.25) is 5.02 Å². The van der Waals surface area contributed by atoms with Crippen molar-refractivity contribution in [1.29, 1.82) is 0 Å². The predicted molar refractivity (Wildman–Crippen MR) is 65.3 cm³/mol. The lowest BCUT2D eigenvalue weighted by molar-refractivity contribution is 0.623. The van der Waals surface area contributed by atoms with Gasteiger partial charge in [-0.1, -0.05) is 17.7 Å². The maximum absolute atomic E-state index is 12.9. The van der Waals surface area contributed by atoms with Gasteiger partial charge in [0.1, 0.15) is 5.82 Å². The van der Waals surface area contributed by atoms with Crippen LogP contribution in [0.25, 0.3) is 0 Å². The van der Waals surface area contributed by atoms with E-state index in [4.69, 9.17) is 17.3 Å². The molecule has 0 radical (unpaired) electrons. The molecular weight excluding hydrogens is 241 g/mol. The SMILES string of the molecule is Cn1ccc(CC(N)c2ccc(F)cc2Cl)n1. The molecule has 3 nitrogen and oxygen atoms in total. The molecule has 0 bridgehead atoms. The van der Waals surface area contributed by atoms with Crippen LogP contribution in [0.4, 0.5) is 4.39 Å². The van der Waals surface area contributed by atoms with Crippen molar-refractivity contribution in [1.82, 2.24) is 9.78 Å². The number of benzene rings is 1. The van der Waals surface area contributed by atoms with Gasteiger partial charge in [0, 0.05) is 30.7 Å². The molecule has 0 aliphatic carbocycles. The second-order valence-electron chi connectivity index (χ2n) is 3.96. The van der Waals surface area contributed by atoms with Crippen LogP contribution in [-0.4, -0.2) is 9.78 Å². The van der Waals surface area contributed by atoms with E-state index in [9.17, 15) is 4.39 Å². The summed E-state index contributed by atoms with van der Waals surface area (Å²) in [7, 11) is 1.85. The third-order valence-corrected chi connectivity index (χ3v) is 2.89. The number of hydrogen-bond acceptors (Lipinski definition) is 2. The topological polar surface area (TPSA) is 43.8 Å². The molecule has 1 aromatic carbocycles. The molecule has 0 saturated heterocycles. The average molecular weight is 254 g/mol. The minimum Gasteiger partial charge on any atom is -0.324 e. The Hall–Kier alpha value is -1.39. The van der Waals surface area contributed by atoms with Gasteiger partial charge in [-0.3, -0.25) is 4.68 Å². The van der Waals surface area contributed by atoms with Crippen molar-refractivity contribution in [2.45, 2.75) is 12.5 Å². The Bertz CT molecular complexity index is 524. The second-order valence-corrected chi connectivity index (χ2v) is 4.36. The summed E-state index contributed by atoms with van der Waals surface area (Å²) in [5.41, 5.74) is 7.66. The number of halogens is 2. The Morgan fingerprint density at radius 2 is 2.24 bits per heavy atom. The van der Waals surface area contributed by atoms with E-state index in [1.165, 1.54) is 12.1 Å². The fraction of sp³-hybridized carbons (Fsp3) is 0.250. The summed E-state index contributed by atoms with van der Waals surface area (Å²) in [5.74, 6) is -0.358. The highest BCUT2D eigenvalue weighted by Gasteiger charge is 2.12. The summed E-state index contributed by atoms with van der Waals surface area (Å²) in [6, 6.07) is 5.87. The molecule has 2 rings (SSSR count). The van der Waals surface area contributed by atoms with E-state index in [-0.39, 0.29) is 11.9 Å². The van der Waals surface area contributed by atoms with Crippen molar-refractivity contribution in [2.75, 3.05) is 0 Å². The zero-order chi connectivity index (χ0) is 12.4. The van der Waals surface area contributed by atoms with Crippen LogP contribution >= 0.6 is 11.6 Å². The second kappa shape index (κ2) is 4.85. The number of aromatic nitrogens is 2. The van der Waals surface area contributed by atoms with E-state index in [1.807, 2.05) is 19.3 Å². The van der Waals surface area contributed by atoms with Crippen LogP contribution in [0.5, 0.6) is 0 Å². The van der Waals surface area contributed by atoms with Crippen LogP contribution < -0.4 is 5.73 Å². The first kappa shape index (κ1) is 12.1. The molecule has 0 spiro atoms. The Labute approximate surface area is 104 Å². The molecule has 90 valence electrons. The number of nitrogens with two attached hydrogens (primary N) is 1. The summed E-state index contributed by atoms with van der Waals surface area (Å²) in [5, 5.41) is 4.60. The van der Waals surface area contributed by atoms with Gasteiger partial charge in [0.05, 0.1) is 5.69 Å². The predicted octanol–water partition coefficient (Wildman–Crippen LogP) is 2.46. The number of nitrogens with zero attached hydrogens (tertiary/aromatic N) is 2. The first-order valence-corrected chi connectivity index (χ1v) is 5.63. The average Bonchev–Trinajstić information content (AvgIpc) is 2.63. The molecule has 17 heavy (non-hydrogen) atoms. The Balaban J connectivity index is 2.17. The molecule has 2 N–H and O–H groups in total. The Morgan fingerprint density at radius 3 is 2.82 bits per heavy atom. The maximum atomic E-state index is 12.9. The quantitative estimate of drug-likeness (QED) is 0.913. The fourth-order valence-corrected chi connectivity index (χ4v) is 2.02. The highest BCUT2D eigenvalue weighted by molar-refractivity contribution is 6.31. The smallest absolute Gasteiger partial charge is 0.124 e. The lowest BCUT2D eigenvalue weighted by atomic mass is 10.0. The summed E-state index contributed by atoms with van der Waals surface area (Å²) in [4.78, 5) is 0. The van der Waals surface area contributed by atoms with Crippen LogP contribution in [-0.2, 0) is 13.5 Å².